The van der Waals surface area contributed by atoms with Crippen LogP contribution in [0.15, 0.2) is 30.5 Å². The molecule has 10 N–H and O–H groups in total. The normalized spacial score (nSPS) is 14.8. The van der Waals surface area contributed by atoms with Crippen molar-refractivity contribution in [1.82, 2.24) is 20.9 Å². The standard InChI is InChI=1S/C25H33N5O10/c1-12(31)21(30-22(36)15(26)10-13-11-27-16-5-3-2-4-14(13)16)24(38)28-17(6-8-19(32)33)23(37)29-18(25(39)40)7-9-20(34)35/h2-5,11-12,15,17-18,21,27,31H,6-10,26H2,1H3,(H,28,38)(H,29,37)(H,30,36)(H,32,33)(H,34,35)(H,39,40). The van der Waals surface area contributed by atoms with Gasteiger partial charge < -0.3 is 47.1 Å². The number of benzene rings is 1. The fourth-order valence-electron chi connectivity index (χ4n) is 3.89. The SMILES string of the molecule is CC(O)C(NC(=O)C(N)Cc1c[nH]c2ccccc12)C(=O)NC(CCC(=O)O)C(=O)NC(CCC(=O)O)C(=O)O. The van der Waals surface area contributed by atoms with E-state index in [1.165, 1.54) is 6.92 Å². The zero-order valence-electron chi connectivity index (χ0n) is 21.6. The summed E-state index contributed by atoms with van der Waals surface area (Å²) in [7, 11) is 0. The number of nitrogens with one attached hydrogen (secondary N) is 4. The average molecular weight is 564 g/mol. The summed E-state index contributed by atoms with van der Waals surface area (Å²) in [6.07, 6.45) is -1.75. The molecule has 0 aliphatic heterocycles. The highest BCUT2D eigenvalue weighted by Crippen LogP contribution is 2.18. The lowest BCUT2D eigenvalue weighted by Crippen LogP contribution is -2.60. The lowest BCUT2D eigenvalue weighted by Gasteiger charge is -2.26. The molecule has 1 aromatic carbocycles. The zero-order chi connectivity index (χ0) is 30.0. The zero-order valence-corrected chi connectivity index (χ0v) is 21.6. The molecular weight excluding hydrogens is 530 g/mol. The van der Waals surface area contributed by atoms with Gasteiger partial charge >= 0.3 is 17.9 Å². The van der Waals surface area contributed by atoms with Crippen molar-refractivity contribution in [3.05, 3.63) is 36.0 Å². The molecule has 0 radical (unpaired) electrons. The van der Waals surface area contributed by atoms with Crippen LogP contribution in [-0.4, -0.2) is 91.3 Å². The summed E-state index contributed by atoms with van der Waals surface area (Å²) >= 11 is 0. The summed E-state index contributed by atoms with van der Waals surface area (Å²) in [6, 6.07) is 1.44. The van der Waals surface area contributed by atoms with Crippen molar-refractivity contribution in [2.24, 2.45) is 5.73 Å². The van der Waals surface area contributed by atoms with Gasteiger partial charge in [-0.3, -0.25) is 24.0 Å². The molecule has 5 unspecified atom stereocenters. The van der Waals surface area contributed by atoms with Crippen LogP contribution < -0.4 is 21.7 Å². The van der Waals surface area contributed by atoms with E-state index in [0.717, 1.165) is 16.5 Å². The number of aliphatic carboxylic acids is 3. The molecular formula is C25H33N5O10. The first-order chi connectivity index (χ1) is 18.8. The fourth-order valence-corrected chi connectivity index (χ4v) is 3.89. The Kier molecular flexibility index (Phi) is 11.6. The minimum absolute atomic E-state index is 0.0978. The molecule has 40 heavy (non-hydrogen) atoms. The molecule has 2 rings (SSSR count). The molecule has 0 aliphatic carbocycles. The van der Waals surface area contributed by atoms with Crippen LogP contribution >= 0.6 is 0 Å². The Hall–Kier alpha value is -4.50. The number of nitrogens with two attached hydrogens (primary N) is 1. The summed E-state index contributed by atoms with van der Waals surface area (Å²) in [4.78, 5) is 74.9. The van der Waals surface area contributed by atoms with Crippen LogP contribution in [-0.2, 0) is 35.2 Å². The number of aromatic nitrogens is 1. The van der Waals surface area contributed by atoms with E-state index < -0.39 is 91.6 Å². The second-order valence-corrected chi connectivity index (χ2v) is 9.22. The molecule has 0 saturated carbocycles. The van der Waals surface area contributed by atoms with E-state index in [0.29, 0.717) is 0 Å². The summed E-state index contributed by atoms with van der Waals surface area (Å²) in [6.45, 7) is 1.20. The Morgan fingerprint density at radius 3 is 2.00 bits per heavy atom. The van der Waals surface area contributed by atoms with E-state index in [-0.39, 0.29) is 6.42 Å². The van der Waals surface area contributed by atoms with Crippen LogP contribution in [0.25, 0.3) is 10.9 Å². The quantitative estimate of drug-likeness (QED) is 0.116. The maximum Gasteiger partial charge on any atom is 0.326 e. The molecule has 0 bridgehead atoms. The first-order valence-electron chi connectivity index (χ1n) is 12.4. The van der Waals surface area contributed by atoms with Gasteiger partial charge in [0.2, 0.25) is 17.7 Å². The van der Waals surface area contributed by atoms with Crippen LogP contribution in [0.5, 0.6) is 0 Å². The second-order valence-electron chi connectivity index (χ2n) is 9.22. The van der Waals surface area contributed by atoms with Crippen LogP contribution in [0.2, 0.25) is 0 Å². The fraction of sp³-hybridized carbons (Fsp3) is 0.440. The largest absolute Gasteiger partial charge is 0.481 e. The third-order valence-electron chi connectivity index (χ3n) is 6.06. The highest BCUT2D eigenvalue weighted by atomic mass is 16.4. The summed E-state index contributed by atoms with van der Waals surface area (Å²) < 4.78 is 0. The van der Waals surface area contributed by atoms with Crippen molar-refractivity contribution >= 4 is 46.5 Å². The molecule has 2 aromatic rings. The molecule has 3 amide bonds. The lowest BCUT2D eigenvalue weighted by atomic mass is 10.0. The number of carboxylic acid groups (broad SMARTS) is 3. The number of rotatable bonds is 16. The molecule has 218 valence electrons. The predicted octanol–water partition coefficient (Wildman–Crippen LogP) is -1.31. The molecule has 0 aliphatic rings. The number of fused-ring (bicyclic) bond motifs is 1. The molecule has 0 saturated heterocycles. The monoisotopic (exact) mass is 563 g/mol. The minimum Gasteiger partial charge on any atom is -0.481 e. The number of carbonyl (C=O) groups is 6. The molecule has 1 heterocycles. The van der Waals surface area contributed by atoms with Crippen LogP contribution in [0, 0.1) is 0 Å². The lowest BCUT2D eigenvalue weighted by molar-refractivity contribution is -0.144. The maximum absolute atomic E-state index is 13.0. The Morgan fingerprint density at radius 1 is 0.850 bits per heavy atom. The number of H-pyrrole nitrogens is 1. The number of aliphatic hydroxyl groups excluding tert-OH is 1. The van der Waals surface area contributed by atoms with Gasteiger partial charge in [0.25, 0.3) is 0 Å². The van der Waals surface area contributed by atoms with Gasteiger partial charge in [0.05, 0.1) is 12.1 Å². The second kappa shape index (κ2) is 14.6. The average Bonchev–Trinajstić information content (AvgIpc) is 3.28. The molecule has 0 fully saturated rings. The molecule has 0 spiro atoms. The van der Waals surface area contributed by atoms with Crippen molar-refractivity contribution < 1.29 is 49.2 Å². The van der Waals surface area contributed by atoms with Crippen molar-refractivity contribution in [2.75, 3.05) is 0 Å². The van der Waals surface area contributed by atoms with Gasteiger partial charge in [-0.05, 0) is 37.8 Å². The first-order valence-corrected chi connectivity index (χ1v) is 12.4. The smallest absolute Gasteiger partial charge is 0.326 e. The number of carboxylic acids is 3. The number of hydrogen-bond acceptors (Lipinski definition) is 8. The van der Waals surface area contributed by atoms with Crippen molar-refractivity contribution in [2.45, 2.75) is 69.3 Å². The van der Waals surface area contributed by atoms with Gasteiger partial charge in [-0.25, -0.2) is 4.79 Å². The molecule has 15 heteroatoms. The molecule has 15 nitrogen and oxygen atoms in total. The van der Waals surface area contributed by atoms with Crippen LogP contribution in [0.4, 0.5) is 0 Å². The van der Waals surface area contributed by atoms with Crippen molar-refractivity contribution in [3.63, 3.8) is 0 Å². The number of aromatic amines is 1. The van der Waals surface area contributed by atoms with E-state index in [9.17, 15) is 39.0 Å². The molecule has 1 aromatic heterocycles. The van der Waals surface area contributed by atoms with Crippen LogP contribution in [0.1, 0.15) is 38.2 Å². The van der Waals surface area contributed by atoms with Gasteiger partial charge in [-0.2, -0.15) is 0 Å². The van der Waals surface area contributed by atoms with Gasteiger partial charge in [0.1, 0.15) is 18.1 Å². The van der Waals surface area contributed by atoms with Gasteiger partial charge in [0.15, 0.2) is 0 Å². The van der Waals surface area contributed by atoms with Gasteiger partial charge in [0, 0.05) is 29.9 Å². The predicted molar refractivity (Wildman–Crippen MR) is 139 cm³/mol. The minimum atomic E-state index is -1.62. The van der Waals surface area contributed by atoms with Crippen molar-refractivity contribution in [1.29, 1.82) is 0 Å². The third-order valence-corrected chi connectivity index (χ3v) is 6.06. The Bertz CT molecular complexity index is 1240. The van der Waals surface area contributed by atoms with Crippen molar-refractivity contribution in [3.8, 4) is 0 Å². The number of hydrogen-bond donors (Lipinski definition) is 9. The summed E-state index contributed by atoms with van der Waals surface area (Å²) in [5, 5.41) is 44.8. The van der Waals surface area contributed by atoms with E-state index in [4.69, 9.17) is 15.9 Å². The van der Waals surface area contributed by atoms with E-state index in [1.807, 2.05) is 24.3 Å². The summed E-state index contributed by atoms with van der Waals surface area (Å²) in [5.41, 5.74) is 7.63. The van der Waals surface area contributed by atoms with E-state index in [1.54, 1.807) is 6.20 Å². The number of para-hydroxylation sites is 1. The van der Waals surface area contributed by atoms with E-state index in [2.05, 4.69) is 20.9 Å². The number of aliphatic hydroxyl groups is 1. The summed E-state index contributed by atoms with van der Waals surface area (Å²) in [5.74, 6) is -7.05. The Labute approximate surface area is 228 Å². The van der Waals surface area contributed by atoms with Crippen LogP contribution in [0.3, 0.4) is 0 Å². The molecule has 5 atom stereocenters. The van der Waals surface area contributed by atoms with E-state index >= 15 is 0 Å². The highest BCUT2D eigenvalue weighted by molar-refractivity contribution is 5.95. The van der Waals surface area contributed by atoms with Gasteiger partial charge in [-0.1, -0.05) is 18.2 Å². The maximum atomic E-state index is 13.0. The highest BCUT2D eigenvalue weighted by Gasteiger charge is 2.33. The number of carbonyl (C=O) groups excluding carboxylic acids is 3. The Balaban J connectivity index is 2.12. The first kappa shape index (κ1) is 31.7. The van der Waals surface area contributed by atoms with Gasteiger partial charge in [-0.15, -0.1) is 0 Å². The third kappa shape index (κ3) is 9.36. The number of amides is 3. The topological polar surface area (TPSA) is 261 Å². The Morgan fingerprint density at radius 2 is 1.43 bits per heavy atom.